The molecule has 3 atom stereocenters. The third-order valence-electron chi connectivity index (χ3n) is 8.68. The fourth-order valence-electron chi connectivity index (χ4n) is 6.36. The number of methoxy groups -OCH3 is 1. The minimum Gasteiger partial charge on any atom is -0.468 e. The van der Waals surface area contributed by atoms with Crippen molar-refractivity contribution < 1.29 is 32.3 Å². The third kappa shape index (κ3) is 6.23. The summed E-state index contributed by atoms with van der Waals surface area (Å²) in [6, 6.07) is 4.44. The molecule has 5 rings (SSSR count). The predicted octanol–water partition coefficient (Wildman–Crippen LogP) is 3.79. The molecule has 0 radical (unpaired) electrons. The summed E-state index contributed by atoms with van der Waals surface area (Å²) >= 11 is 0. The molecule has 0 bridgehead atoms. The molecule has 11 nitrogen and oxygen atoms in total. The van der Waals surface area contributed by atoms with Crippen LogP contribution in [0.5, 0.6) is 0 Å². The maximum absolute atomic E-state index is 13.6. The number of aromatic nitrogens is 5. The summed E-state index contributed by atoms with van der Waals surface area (Å²) in [7, 11) is 1.04. The SMILES string of the molecule is CCn1nccc1C(=O)N[C@H](c1cn2nc(C[C@@]3(C(=O)OC)C[C@H](C(F)(F)F)CNC3=O)ccc2n1)C1CCCCCC1. The molecule has 1 saturated heterocycles. The molecule has 0 spiro atoms. The van der Waals surface area contributed by atoms with Gasteiger partial charge in [0.05, 0.1) is 36.7 Å². The van der Waals surface area contributed by atoms with Crippen LogP contribution in [-0.2, 0) is 27.3 Å². The van der Waals surface area contributed by atoms with Crippen molar-refractivity contribution in [1.82, 2.24) is 35.0 Å². The molecule has 2 amide bonds. The van der Waals surface area contributed by atoms with Crippen molar-refractivity contribution in [2.24, 2.45) is 17.3 Å². The van der Waals surface area contributed by atoms with E-state index in [4.69, 9.17) is 9.72 Å². The summed E-state index contributed by atoms with van der Waals surface area (Å²) in [6.45, 7) is 1.84. The van der Waals surface area contributed by atoms with E-state index in [1.54, 1.807) is 35.3 Å². The highest BCUT2D eigenvalue weighted by atomic mass is 19.4. The molecule has 1 aliphatic carbocycles. The summed E-state index contributed by atoms with van der Waals surface area (Å²) in [6.07, 6.45) is 3.71. The molecule has 2 N–H and O–H groups in total. The van der Waals surface area contributed by atoms with Crippen LogP contribution in [0.3, 0.4) is 0 Å². The van der Waals surface area contributed by atoms with Gasteiger partial charge in [-0.05, 0) is 50.3 Å². The first-order valence-electron chi connectivity index (χ1n) is 14.7. The van der Waals surface area contributed by atoms with E-state index in [0.717, 1.165) is 45.6 Å². The van der Waals surface area contributed by atoms with E-state index < -0.39 is 48.4 Å². The number of ether oxygens (including phenoxy) is 1. The summed E-state index contributed by atoms with van der Waals surface area (Å²) in [5, 5.41) is 14.2. The van der Waals surface area contributed by atoms with Gasteiger partial charge in [0.15, 0.2) is 11.1 Å². The van der Waals surface area contributed by atoms with E-state index >= 15 is 0 Å². The number of alkyl halides is 3. The standard InChI is InChI=1S/C29H36F3N7O4/c1-3-38-22(12-13-34-38)25(40)36-24(18-8-6-4-5-7-9-18)21-17-39-23(35-21)11-10-20(37-39)15-28(27(42)43-2)14-19(29(30,31)32)16-33-26(28)41/h10-13,17-19,24H,3-9,14-16H2,1-2H3,(H,33,41)(H,36,40)/t19-,24-,28-/m0/s1. The van der Waals surface area contributed by atoms with Crippen LogP contribution in [0.15, 0.2) is 30.6 Å². The van der Waals surface area contributed by atoms with E-state index in [1.807, 2.05) is 6.92 Å². The van der Waals surface area contributed by atoms with Gasteiger partial charge in [0.2, 0.25) is 5.91 Å². The Morgan fingerprint density at radius 2 is 1.93 bits per heavy atom. The van der Waals surface area contributed by atoms with Crippen LogP contribution in [-0.4, -0.2) is 62.0 Å². The van der Waals surface area contributed by atoms with Crippen molar-refractivity contribution in [2.45, 2.75) is 77.1 Å². The number of hydrogen-bond donors (Lipinski definition) is 2. The van der Waals surface area contributed by atoms with Gasteiger partial charge in [-0.25, -0.2) is 9.50 Å². The Bertz CT molecular complexity index is 1470. The topological polar surface area (TPSA) is 133 Å². The van der Waals surface area contributed by atoms with E-state index in [2.05, 4.69) is 20.8 Å². The van der Waals surface area contributed by atoms with Crippen LogP contribution < -0.4 is 10.6 Å². The number of nitrogens with one attached hydrogen (secondary N) is 2. The smallest absolute Gasteiger partial charge is 0.393 e. The van der Waals surface area contributed by atoms with Crippen molar-refractivity contribution in [3.05, 3.63) is 47.7 Å². The first kappa shape index (κ1) is 30.5. The Morgan fingerprint density at radius 3 is 2.60 bits per heavy atom. The minimum atomic E-state index is -4.60. The summed E-state index contributed by atoms with van der Waals surface area (Å²) in [5.74, 6) is -3.89. The lowest BCUT2D eigenvalue weighted by Gasteiger charge is -2.38. The Hall–Kier alpha value is -3.97. The number of nitrogens with zero attached hydrogens (tertiary/aromatic N) is 5. The normalized spacial score (nSPS) is 22.5. The largest absolute Gasteiger partial charge is 0.468 e. The Labute approximate surface area is 246 Å². The fraction of sp³-hybridized carbons (Fsp3) is 0.586. The number of hydrogen-bond acceptors (Lipinski definition) is 7. The Morgan fingerprint density at radius 1 is 1.19 bits per heavy atom. The van der Waals surface area contributed by atoms with Crippen LogP contribution in [0.4, 0.5) is 13.2 Å². The molecule has 43 heavy (non-hydrogen) atoms. The molecule has 0 aromatic carbocycles. The fourth-order valence-corrected chi connectivity index (χ4v) is 6.36. The quantitative estimate of drug-likeness (QED) is 0.228. The van der Waals surface area contributed by atoms with E-state index in [1.165, 1.54) is 4.52 Å². The highest BCUT2D eigenvalue weighted by Gasteiger charge is 2.56. The van der Waals surface area contributed by atoms with E-state index in [-0.39, 0.29) is 23.9 Å². The average Bonchev–Trinajstić information content (AvgIpc) is 3.55. The lowest BCUT2D eigenvalue weighted by atomic mass is 9.72. The van der Waals surface area contributed by atoms with Gasteiger partial charge in [0, 0.05) is 25.7 Å². The van der Waals surface area contributed by atoms with Gasteiger partial charge in [-0.2, -0.15) is 23.4 Å². The molecule has 2 aliphatic rings. The van der Waals surface area contributed by atoms with Gasteiger partial charge < -0.3 is 15.4 Å². The van der Waals surface area contributed by atoms with E-state index in [9.17, 15) is 27.6 Å². The lowest BCUT2D eigenvalue weighted by molar-refractivity contribution is -0.195. The highest BCUT2D eigenvalue weighted by Crippen LogP contribution is 2.42. The number of imidazole rings is 1. The maximum Gasteiger partial charge on any atom is 0.393 e. The summed E-state index contributed by atoms with van der Waals surface area (Å²) in [4.78, 5) is 43.9. The van der Waals surface area contributed by atoms with Crippen molar-refractivity contribution in [3.63, 3.8) is 0 Å². The average molecular weight is 604 g/mol. The number of piperidine rings is 1. The van der Waals surface area contributed by atoms with Gasteiger partial charge in [-0.3, -0.25) is 19.1 Å². The van der Waals surface area contributed by atoms with E-state index in [0.29, 0.717) is 23.6 Å². The molecule has 4 heterocycles. The summed E-state index contributed by atoms with van der Waals surface area (Å²) in [5.41, 5.74) is -0.361. The van der Waals surface area contributed by atoms with Gasteiger partial charge in [-0.15, -0.1) is 0 Å². The van der Waals surface area contributed by atoms with Crippen molar-refractivity contribution in [3.8, 4) is 0 Å². The molecule has 2 fully saturated rings. The first-order chi connectivity index (χ1) is 20.6. The van der Waals surface area contributed by atoms with Crippen LogP contribution in [0, 0.1) is 17.3 Å². The summed E-state index contributed by atoms with van der Waals surface area (Å²) < 4.78 is 48.8. The number of fused-ring (bicyclic) bond motifs is 1. The van der Waals surface area contributed by atoms with Crippen molar-refractivity contribution >= 4 is 23.4 Å². The zero-order chi connectivity index (χ0) is 30.8. The third-order valence-corrected chi connectivity index (χ3v) is 8.68. The highest BCUT2D eigenvalue weighted by molar-refractivity contribution is 6.03. The monoisotopic (exact) mass is 603 g/mol. The maximum atomic E-state index is 13.6. The number of halogens is 3. The van der Waals surface area contributed by atoms with Crippen LogP contribution in [0.25, 0.3) is 5.65 Å². The zero-order valence-electron chi connectivity index (χ0n) is 24.2. The Balaban J connectivity index is 1.47. The van der Waals surface area contributed by atoms with Gasteiger partial charge in [0.25, 0.3) is 5.91 Å². The van der Waals surface area contributed by atoms with Crippen LogP contribution >= 0.6 is 0 Å². The molecule has 14 heteroatoms. The predicted molar refractivity (Wildman–Crippen MR) is 148 cm³/mol. The van der Waals surface area contributed by atoms with Crippen LogP contribution in [0.2, 0.25) is 0 Å². The molecule has 1 saturated carbocycles. The number of carbonyl (C=O) groups is 3. The number of rotatable bonds is 8. The van der Waals surface area contributed by atoms with Gasteiger partial charge in [-0.1, -0.05) is 25.7 Å². The number of aryl methyl sites for hydroxylation is 1. The molecule has 232 valence electrons. The van der Waals surface area contributed by atoms with Gasteiger partial charge >= 0.3 is 12.1 Å². The molecule has 3 aromatic rings. The van der Waals surface area contributed by atoms with Crippen LogP contribution in [0.1, 0.15) is 79.8 Å². The first-order valence-corrected chi connectivity index (χ1v) is 14.7. The number of carbonyl (C=O) groups excluding carboxylic acids is 3. The molecule has 0 unspecified atom stereocenters. The molecular formula is C29H36F3N7O4. The minimum absolute atomic E-state index is 0.140. The molecule has 3 aromatic heterocycles. The lowest BCUT2D eigenvalue weighted by Crippen LogP contribution is -2.57. The zero-order valence-corrected chi connectivity index (χ0v) is 24.2. The second-order valence-electron chi connectivity index (χ2n) is 11.4. The second-order valence-corrected chi connectivity index (χ2v) is 11.4. The van der Waals surface area contributed by atoms with Crippen molar-refractivity contribution in [1.29, 1.82) is 0 Å². The van der Waals surface area contributed by atoms with Gasteiger partial charge in [0.1, 0.15) is 5.69 Å². The second kappa shape index (κ2) is 12.3. The van der Waals surface area contributed by atoms with Crippen molar-refractivity contribution in [2.75, 3.05) is 13.7 Å². The molecular weight excluding hydrogens is 567 g/mol. The number of amides is 2. The molecule has 1 aliphatic heterocycles. The number of esters is 1. The Kier molecular flexibility index (Phi) is 8.74.